The first kappa shape index (κ1) is 19.2. The lowest BCUT2D eigenvalue weighted by molar-refractivity contribution is -0.135. The highest BCUT2D eigenvalue weighted by Crippen LogP contribution is 2.36. The van der Waals surface area contributed by atoms with Crippen LogP contribution in [0, 0.1) is 13.8 Å². The normalized spacial score (nSPS) is 11.2. The highest BCUT2D eigenvalue weighted by atomic mass is 16.5. The number of ether oxygens (including phenoxy) is 1. The van der Waals surface area contributed by atoms with E-state index in [0.29, 0.717) is 5.75 Å². The van der Waals surface area contributed by atoms with Gasteiger partial charge in [-0.3, -0.25) is 9.59 Å². The molecule has 0 atom stereocenters. The first-order valence-electron chi connectivity index (χ1n) is 9.07. The Kier molecular flexibility index (Phi) is 4.53. The Hall–Kier alpha value is -4.08. The molecule has 0 aliphatic heterocycles. The fourth-order valence-corrected chi connectivity index (χ4v) is 3.46. The topological polar surface area (TPSA) is 131 Å². The molecule has 0 spiro atoms. The maximum absolute atomic E-state index is 12.4. The van der Waals surface area contributed by atoms with Crippen molar-refractivity contribution >= 4 is 28.4 Å². The average molecular weight is 409 g/mol. The van der Waals surface area contributed by atoms with E-state index in [4.69, 9.17) is 9.84 Å². The zero-order valence-electron chi connectivity index (χ0n) is 16.5. The van der Waals surface area contributed by atoms with Gasteiger partial charge in [0.25, 0.3) is 5.91 Å². The van der Waals surface area contributed by atoms with Crippen LogP contribution in [0.2, 0.25) is 0 Å². The lowest BCUT2D eigenvalue weighted by Crippen LogP contribution is -2.29. The molecule has 3 N–H and O–H groups in total. The zero-order valence-corrected chi connectivity index (χ0v) is 16.5. The van der Waals surface area contributed by atoms with E-state index in [1.54, 1.807) is 0 Å². The molecule has 0 saturated heterocycles. The third-order valence-electron chi connectivity index (χ3n) is 5.12. The number of carbonyl (C=O) groups is 2. The van der Waals surface area contributed by atoms with Crippen LogP contribution >= 0.6 is 0 Å². The van der Waals surface area contributed by atoms with Crippen molar-refractivity contribution in [3.05, 3.63) is 47.4 Å². The van der Waals surface area contributed by atoms with Crippen molar-refractivity contribution in [1.82, 2.24) is 24.5 Å². The highest BCUT2D eigenvalue weighted by molar-refractivity contribution is 6.03. The third-order valence-corrected chi connectivity index (χ3v) is 5.12. The number of nitrogens with zero attached hydrogens (tertiary/aromatic N) is 4. The third kappa shape index (κ3) is 2.98. The number of fused-ring (bicyclic) bond motifs is 2. The number of aromatic hydroxyl groups is 1. The molecule has 0 unspecified atom stereocenters. The number of carbonyl (C=O) groups excluding carboxylic acids is 1. The monoisotopic (exact) mass is 409 g/mol. The van der Waals surface area contributed by atoms with Crippen LogP contribution in [0.5, 0.6) is 17.4 Å². The number of nitrogens with one attached hydrogen (secondary N) is 1. The minimum atomic E-state index is -1.21. The minimum Gasteiger partial charge on any atom is -0.507 e. The van der Waals surface area contributed by atoms with Crippen LogP contribution in [-0.2, 0) is 11.8 Å². The smallest absolute Gasteiger partial charge is 0.322 e. The molecule has 0 aliphatic rings. The van der Waals surface area contributed by atoms with Crippen molar-refractivity contribution in [2.75, 3.05) is 6.54 Å². The van der Waals surface area contributed by atoms with Gasteiger partial charge < -0.3 is 24.8 Å². The summed E-state index contributed by atoms with van der Waals surface area (Å²) in [6.07, 6.45) is 1.22. The van der Waals surface area contributed by atoms with Gasteiger partial charge in [0, 0.05) is 24.2 Å². The summed E-state index contributed by atoms with van der Waals surface area (Å²) in [6, 6.07) is 6.91. The molecule has 0 fully saturated rings. The molecule has 4 aromatic rings. The van der Waals surface area contributed by atoms with E-state index in [9.17, 15) is 14.7 Å². The zero-order chi connectivity index (χ0) is 21.6. The maximum Gasteiger partial charge on any atom is 0.322 e. The van der Waals surface area contributed by atoms with Crippen molar-refractivity contribution < 1.29 is 24.5 Å². The Balaban J connectivity index is 1.81. The summed E-state index contributed by atoms with van der Waals surface area (Å²) in [5.41, 5.74) is 3.00. The SMILES string of the molecule is Cc1c(C)n(C)c2cccc(Oc3cc(O)c(C(=O)NCC(=O)O)c4ncnn34)c12. The van der Waals surface area contributed by atoms with Crippen molar-refractivity contribution in [3.8, 4) is 17.4 Å². The van der Waals surface area contributed by atoms with Gasteiger partial charge in [-0.1, -0.05) is 6.07 Å². The van der Waals surface area contributed by atoms with Crippen molar-refractivity contribution in [3.63, 3.8) is 0 Å². The highest BCUT2D eigenvalue weighted by Gasteiger charge is 2.22. The van der Waals surface area contributed by atoms with Crippen LogP contribution in [-0.4, -0.2) is 47.8 Å². The molecular formula is C20H19N5O5. The number of aromatic nitrogens is 4. The predicted molar refractivity (Wildman–Crippen MR) is 107 cm³/mol. The molecule has 154 valence electrons. The van der Waals surface area contributed by atoms with Crippen LogP contribution in [0.25, 0.3) is 16.6 Å². The van der Waals surface area contributed by atoms with E-state index < -0.39 is 24.2 Å². The van der Waals surface area contributed by atoms with Gasteiger partial charge in [0.05, 0.1) is 5.52 Å². The number of rotatable bonds is 5. The van der Waals surface area contributed by atoms with E-state index in [2.05, 4.69) is 20.0 Å². The van der Waals surface area contributed by atoms with Gasteiger partial charge in [-0.05, 0) is 31.5 Å². The van der Waals surface area contributed by atoms with Gasteiger partial charge in [0.15, 0.2) is 5.65 Å². The number of hydrogen-bond acceptors (Lipinski definition) is 6. The second-order valence-electron chi connectivity index (χ2n) is 6.84. The van der Waals surface area contributed by atoms with Crippen LogP contribution in [0.3, 0.4) is 0 Å². The van der Waals surface area contributed by atoms with E-state index in [1.165, 1.54) is 16.9 Å². The molecule has 3 aromatic heterocycles. The van der Waals surface area contributed by atoms with Gasteiger partial charge in [0.1, 0.15) is 29.9 Å². The number of carboxylic acids is 1. The summed E-state index contributed by atoms with van der Waals surface area (Å²) < 4.78 is 9.43. The lowest BCUT2D eigenvalue weighted by Gasteiger charge is -2.12. The van der Waals surface area contributed by atoms with Gasteiger partial charge in [-0.15, -0.1) is 0 Å². The fourth-order valence-electron chi connectivity index (χ4n) is 3.46. The summed E-state index contributed by atoms with van der Waals surface area (Å²) in [6.45, 7) is 3.43. The summed E-state index contributed by atoms with van der Waals surface area (Å²) >= 11 is 0. The van der Waals surface area contributed by atoms with E-state index in [0.717, 1.165) is 22.2 Å². The Morgan fingerprint density at radius 3 is 2.77 bits per heavy atom. The molecule has 4 rings (SSSR count). The number of hydrogen-bond donors (Lipinski definition) is 3. The Bertz CT molecular complexity index is 1320. The standard InChI is InChI=1S/C20H19N5O5/c1-10-11(2)24(3)12-5-4-6-14(17(10)12)30-15-7-13(26)18(19-22-9-23-25(15)19)20(29)21-8-16(27)28/h4-7,9,26H,8H2,1-3H3,(H,21,29)(H,27,28). The van der Waals surface area contributed by atoms with Gasteiger partial charge in [-0.2, -0.15) is 9.61 Å². The first-order valence-corrected chi connectivity index (χ1v) is 9.07. The maximum atomic E-state index is 12.4. The molecule has 0 bridgehead atoms. The minimum absolute atomic E-state index is 0.0426. The molecule has 10 nitrogen and oxygen atoms in total. The molecule has 0 aliphatic carbocycles. The summed E-state index contributed by atoms with van der Waals surface area (Å²) in [7, 11) is 1.97. The first-order chi connectivity index (χ1) is 14.3. The van der Waals surface area contributed by atoms with Crippen LogP contribution in [0.1, 0.15) is 21.6 Å². The Morgan fingerprint density at radius 2 is 2.03 bits per heavy atom. The van der Waals surface area contributed by atoms with E-state index in [-0.39, 0.29) is 17.1 Å². The number of aliphatic carboxylic acids is 1. The quantitative estimate of drug-likeness (QED) is 0.460. The van der Waals surface area contributed by atoms with Gasteiger partial charge in [-0.25, -0.2) is 4.98 Å². The van der Waals surface area contributed by atoms with E-state index >= 15 is 0 Å². The average Bonchev–Trinajstić information content (AvgIpc) is 3.27. The molecule has 30 heavy (non-hydrogen) atoms. The molecule has 10 heteroatoms. The predicted octanol–water partition coefficient (Wildman–Crippen LogP) is 2.15. The van der Waals surface area contributed by atoms with Crippen LogP contribution in [0.15, 0.2) is 30.6 Å². The molecular weight excluding hydrogens is 390 g/mol. The number of carboxylic acid groups (broad SMARTS) is 1. The largest absolute Gasteiger partial charge is 0.507 e. The molecule has 0 saturated carbocycles. The summed E-state index contributed by atoms with van der Waals surface area (Å²) in [5.74, 6) is -1.67. The second kappa shape index (κ2) is 7.07. The van der Waals surface area contributed by atoms with Crippen LogP contribution < -0.4 is 10.1 Å². The number of pyridine rings is 1. The number of amides is 1. The van der Waals surface area contributed by atoms with Crippen molar-refractivity contribution in [2.24, 2.45) is 7.05 Å². The Labute approximate surface area is 170 Å². The molecule has 1 amide bonds. The van der Waals surface area contributed by atoms with Crippen molar-refractivity contribution in [2.45, 2.75) is 13.8 Å². The number of aryl methyl sites for hydroxylation is 2. The fraction of sp³-hybridized carbons (Fsp3) is 0.200. The molecule has 1 aromatic carbocycles. The number of benzene rings is 1. The Morgan fingerprint density at radius 1 is 1.27 bits per heavy atom. The second-order valence-corrected chi connectivity index (χ2v) is 6.84. The molecule has 3 heterocycles. The summed E-state index contributed by atoms with van der Waals surface area (Å²) in [5, 5.41) is 26.4. The van der Waals surface area contributed by atoms with Gasteiger partial charge in [0.2, 0.25) is 5.88 Å². The van der Waals surface area contributed by atoms with Crippen molar-refractivity contribution in [1.29, 1.82) is 0 Å². The van der Waals surface area contributed by atoms with Crippen LogP contribution in [0.4, 0.5) is 0 Å². The lowest BCUT2D eigenvalue weighted by atomic mass is 10.1. The van der Waals surface area contributed by atoms with E-state index in [1.807, 2.05) is 39.1 Å². The molecule has 0 radical (unpaired) electrons. The van der Waals surface area contributed by atoms with Gasteiger partial charge >= 0.3 is 5.97 Å². The summed E-state index contributed by atoms with van der Waals surface area (Å²) in [4.78, 5) is 27.1.